The fraction of sp³-hybridized carbons (Fsp3) is 0.571. The molecule has 1 aromatic rings. The van der Waals surface area contributed by atoms with E-state index in [0.717, 1.165) is 0 Å². The van der Waals surface area contributed by atoms with Crippen LogP contribution in [0.4, 0.5) is 8.78 Å². The van der Waals surface area contributed by atoms with Crippen LogP contribution in [-0.4, -0.2) is 18.2 Å². The first-order chi connectivity index (χ1) is 9.39. The summed E-state index contributed by atoms with van der Waals surface area (Å²) < 4.78 is 33.8. The summed E-state index contributed by atoms with van der Waals surface area (Å²) in [4.78, 5) is 0. The molecule has 1 aromatic carbocycles. The fourth-order valence-corrected chi connectivity index (χ4v) is 2.56. The Morgan fingerprint density at radius 1 is 1.40 bits per heavy atom. The Balaban J connectivity index is 3.08. The first-order valence-electron chi connectivity index (χ1n) is 6.62. The van der Waals surface area contributed by atoms with Crippen LogP contribution >= 0.6 is 15.9 Å². The number of ether oxygens (including phenoxy) is 1. The van der Waals surface area contributed by atoms with Crippen LogP contribution in [0.1, 0.15) is 32.8 Å². The predicted molar refractivity (Wildman–Crippen MR) is 79.2 cm³/mol. The van der Waals surface area contributed by atoms with Crippen molar-refractivity contribution in [2.45, 2.75) is 45.3 Å². The topological polar surface area (TPSA) is 47.3 Å². The van der Waals surface area contributed by atoms with E-state index in [1.165, 1.54) is 12.1 Å². The molecule has 0 radical (unpaired) electrons. The number of hydrogen-bond acceptors (Lipinski definition) is 3. The standard InChI is InChI=1S/C14H21BrF2N2O/c1-4-14(3,20-5-2)12(19-18)8-9-11(16)7-6-10(15)13(9)17/h6-7,12,19H,4-5,8,18H2,1-3H3. The van der Waals surface area contributed by atoms with Gasteiger partial charge in [0, 0.05) is 12.2 Å². The molecule has 1 rings (SSSR count). The van der Waals surface area contributed by atoms with Crippen LogP contribution in [0.5, 0.6) is 0 Å². The second-order valence-electron chi connectivity index (χ2n) is 4.84. The van der Waals surface area contributed by atoms with Crippen molar-refractivity contribution in [2.24, 2.45) is 5.84 Å². The average Bonchev–Trinajstić information content (AvgIpc) is 2.43. The van der Waals surface area contributed by atoms with E-state index >= 15 is 0 Å². The molecule has 3 nitrogen and oxygen atoms in total. The Kier molecular flexibility index (Phi) is 6.51. The van der Waals surface area contributed by atoms with Crippen LogP contribution in [0.15, 0.2) is 16.6 Å². The molecule has 0 bridgehead atoms. The van der Waals surface area contributed by atoms with Gasteiger partial charge in [-0.2, -0.15) is 0 Å². The van der Waals surface area contributed by atoms with Crippen molar-refractivity contribution in [3.8, 4) is 0 Å². The van der Waals surface area contributed by atoms with E-state index in [4.69, 9.17) is 10.6 Å². The molecule has 0 aromatic heterocycles. The van der Waals surface area contributed by atoms with Crippen LogP contribution in [0, 0.1) is 11.6 Å². The first kappa shape index (κ1) is 17.5. The monoisotopic (exact) mass is 350 g/mol. The number of hydrazine groups is 1. The maximum Gasteiger partial charge on any atom is 0.143 e. The number of halogens is 3. The largest absolute Gasteiger partial charge is 0.374 e. The van der Waals surface area contributed by atoms with Crippen molar-refractivity contribution < 1.29 is 13.5 Å². The quantitative estimate of drug-likeness (QED) is 0.450. The summed E-state index contributed by atoms with van der Waals surface area (Å²) in [7, 11) is 0. The van der Waals surface area contributed by atoms with Crippen molar-refractivity contribution in [1.29, 1.82) is 0 Å². The lowest BCUT2D eigenvalue weighted by Crippen LogP contribution is -2.54. The van der Waals surface area contributed by atoms with Gasteiger partial charge in [0.25, 0.3) is 0 Å². The molecule has 0 saturated carbocycles. The normalized spacial score (nSPS) is 15.9. The zero-order valence-corrected chi connectivity index (χ0v) is 13.6. The van der Waals surface area contributed by atoms with Gasteiger partial charge in [0.2, 0.25) is 0 Å². The van der Waals surface area contributed by atoms with Gasteiger partial charge in [-0.3, -0.25) is 11.3 Å². The summed E-state index contributed by atoms with van der Waals surface area (Å²) in [5.74, 6) is 4.38. The van der Waals surface area contributed by atoms with E-state index < -0.39 is 23.3 Å². The molecule has 0 aliphatic heterocycles. The van der Waals surface area contributed by atoms with E-state index in [0.29, 0.717) is 13.0 Å². The minimum atomic E-state index is -0.597. The molecule has 6 heteroatoms. The van der Waals surface area contributed by atoms with Crippen molar-refractivity contribution in [3.05, 3.63) is 33.8 Å². The zero-order valence-electron chi connectivity index (χ0n) is 12.0. The molecule has 2 atom stereocenters. The molecule has 0 aliphatic carbocycles. The highest BCUT2D eigenvalue weighted by atomic mass is 79.9. The van der Waals surface area contributed by atoms with Gasteiger partial charge in [-0.25, -0.2) is 8.78 Å². The van der Waals surface area contributed by atoms with E-state index in [1.807, 2.05) is 20.8 Å². The number of nitrogens with one attached hydrogen (secondary N) is 1. The summed E-state index contributed by atoms with van der Waals surface area (Å²) in [6.07, 6.45) is 0.783. The molecule has 0 heterocycles. The Morgan fingerprint density at radius 2 is 2.05 bits per heavy atom. The Morgan fingerprint density at radius 3 is 2.55 bits per heavy atom. The lowest BCUT2D eigenvalue weighted by atomic mass is 9.88. The van der Waals surface area contributed by atoms with Gasteiger partial charge in [0.15, 0.2) is 0 Å². The third-order valence-electron chi connectivity index (χ3n) is 3.66. The molecular weight excluding hydrogens is 330 g/mol. The van der Waals surface area contributed by atoms with Crippen molar-refractivity contribution >= 4 is 15.9 Å². The van der Waals surface area contributed by atoms with E-state index in [9.17, 15) is 8.78 Å². The summed E-state index contributed by atoms with van der Waals surface area (Å²) in [6.45, 7) is 6.22. The van der Waals surface area contributed by atoms with Crippen LogP contribution in [-0.2, 0) is 11.2 Å². The highest BCUT2D eigenvalue weighted by Crippen LogP contribution is 2.27. The molecule has 0 fully saturated rings. The molecular formula is C14H21BrF2N2O. The zero-order chi connectivity index (χ0) is 15.3. The van der Waals surface area contributed by atoms with Crippen LogP contribution in [0.2, 0.25) is 0 Å². The maximum absolute atomic E-state index is 14.0. The molecule has 20 heavy (non-hydrogen) atoms. The highest BCUT2D eigenvalue weighted by molar-refractivity contribution is 9.10. The van der Waals surface area contributed by atoms with Crippen LogP contribution < -0.4 is 11.3 Å². The van der Waals surface area contributed by atoms with Crippen molar-refractivity contribution in [2.75, 3.05) is 6.61 Å². The number of hydrogen-bond donors (Lipinski definition) is 2. The lowest BCUT2D eigenvalue weighted by Gasteiger charge is -2.36. The maximum atomic E-state index is 14.0. The smallest absolute Gasteiger partial charge is 0.143 e. The fourth-order valence-electron chi connectivity index (χ4n) is 2.19. The van der Waals surface area contributed by atoms with Gasteiger partial charge < -0.3 is 4.74 Å². The molecule has 0 spiro atoms. The van der Waals surface area contributed by atoms with Crippen LogP contribution in [0.3, 0.4) is 0 Å². The Hall–Kier alpha value is -0.560. The van der Waals surface area contributed by atoms with Gasteiger partial charge in [-0.15, -0.1) is 0 Å². The van der Waals surface area contributed by atoms with Gasteiger partial charge >= 0.3 is 0 Å². The molecule has 0 amide bonds. The van der Waals surface area contributed by atoms with Gasteiger partial charge in [-0.05, 0) is 54.8 Å². The van der Waals surface area contributed by atoms with Crippen molar-refractivity contribution in [1.82, 2.24) is 5.43 Å². The second-order valence-corrected chi connectivity index (χ2v) is 5.70. The number of rotatable bonds is 7. The van der Waals surface area contributed by atoms with E-state index in [2.05, 4.69) is 21.4 Å². The summed E-state index contributed by atoms with van der Waals surface area (Å²) in [5, 5.41) is 0. The third-order valence-corrected chi connectivity index (χ3v) is 4.27. The van der Waals surface area contributed by atoms with Gasteiger partial charge in [0.1, 0.15) is 11.6 Å². The molecule has 114 valence electrons. The third kappa shape index (κ3) is 3.75. The van der Waals surface area contributed by atoms with Crippen molar-refractivity contribution in [3.63, 3.8) is 0 Å². The first-order valence-corrected chi connectivity index (χ1v) is 7.41. The van der Waals surface area contributed by atoms with E-state index in [1.54, 1.807) is 0 Å². The minimum absolute atomic E-state index is 0.00158. The summed E-state index contributed by atoms with van der Waals surface area (Å²) in [6, 6.07) is 2.19. The molecule has 0 saturated heterocycles. The average molecular weight is 351 g/mol. The van der Waals surface area contributed by atoms with Gasteiger partial charge in [-0.1, -0.05) is 6.92 Å². The van der Waals surface area contributed by atoms with E-state index in [-0.39, 0.29) is 16.5 Å². The highest BCUT2D eigenvalue weighted by Gasteiger charge is 2.34. The number of benzene rings is 1. The summed E-state index contributed by atoms with van der Waals surface area (Å²) in [5.41, 5.74) is 2.04. The lowest BCUT2D eigenvalue weighted by molar-refractivity contribution is -0.0553. The number of nitrogens with two attached hydrogens (primary N) is 1. The Bertz CT molecular complexity index is 459. The molecule has 2 unspecified atom stereocenters. The Labute approximate surface area is 127 Å². The van der Waals surface area contributed by atoms with Gasteiger partial charge in [0.05, 0.1) is 16.1 Å². The summed E-state index contributed by atoms with van der Waals surface area (Å²) >= 11 is 3.07. The molecule has 0 aliphatic rings. The minimum Gasteiger partial charge on any atom is -0.374 e. The predicted octanol–water partition coefficient (Wildman–Crippen LogP) is 3.31. The second kappa shape index (κ2) is 7.45. The SMILES string of the molecule is CCOC(C)(CC)C(Cc1c(F)ccc(Br)c1F)NN. The molecule has 3 N–H and O–H groups in total. The van der Waals surface area contributed by atoms with Crippen LogP contribution in [0.25, 0.3) is 0 Å².